The molecule has 230 valence electrons. The molecule has 43 heavy (non-hydrogen) atoms. The highest BCUT2D eigenvalue weighted by atomic mass is 16.4. The SMILES string of the molecule is NCCCCC(NC(=O)C(N)Cc1ccc(O)cc1)C(=O)NC(Cc1ccccc1)C(=O)NC(Cc1cnc[nH]1)C(=O)O. The fraction of sp³-hybridized carbons (Fsp3) is 0.367. The Morgan fingerprint density at radius 3 is 2.05 bits per heavy atom. The minimum absolute atomic E-state index is 0.0379. The third kappa shape index (κ3) is 10.9. The van der Waals surface area contributed by atoms with Crippen LogP contribution in [-0.4, -0.2) is 74.6 Å². The largest absolute Gasteiger partial charge is 0.508 e. The Labute approximate surface area is 249 Å². The zero-order valence-corrected chi connectivity index (χ0v) is 23.7. The Morgan fingerprint density at radius 1 is 0.791 bits per heavy atom. The summed E-state index contributed by atoms with van der Waals surface area (Å²) in [6.45, 7) is 0.397. The molecular weight excluding hydrogens is 554 g/mol. The number of phenolic OH excluding ortho intramolecular Hbond substituents is 1. The highest BCUT2D eigenvalue weighted by Crippen LogP contribution is 2.12. The van der Waals surface area contributed by atoms with Crippen molar-refractivity contribution in [3.05, 3.63) is 83.9 Å². The molecule has 0 spiro atoms. The number of aromatic hydroxyl groups is 1. The standard InChI is InChI=1S/C30H39N7O6/c31-13-5-4-8-24(35-27(39)23(32)14-20-9-11-22(38)12-10-20)28(40)36-25(15-19-6-2-1-3-7-19)29(41)37-26(30(42)43)16-21-17-33-18-34-21/h1-3,6-7,9-12,17-18,23-26,38H,4-5,8,13-16,31-32H2,(H,33,34)(H,35,39)(H,36,40)(H,37,41)(H,42,43). The van der Waals surface area contributed by atoms with E-state index in [9.17, 15) is 29.4 Å². The summed E-state index contributed by atoms with van der Waals surface area (Å²) in [5.41, 5.74) is 13.7. The van der Waals surface area contributed by atoms with Crippen LogP contribution in [-0.2, 0) is 38.4 Å². The van der Waals surface area contributed by atoms with E-state index in [0.717, 1.165) is 11.1 Å². The number of nitrogens with two attached hydrogens (primary N) is 2. The van der Waals surface area contributed by atoms with Crippen LogP contribution in [0.2, 0.25) is 0 Å². The summed E-state index contributed by atoms with van der Waals surface area (Å²) < 4.78 is 0. The number of rotatable bonds is 17. The second-order valence-electron chi connectivity index (χ2n) is 10.3. The van der Waals surface area contributed by atoms with Crippen molar-refractivity contribution in [2.45, 2.75) is 62.7 Å². The number of imidazole rings is 1. The van der Waals surface area contributed by atoms with Gasteiger partial charge in [-0.15, -0.1) is 0 Å². The topological polar surface area (TPSA) is 226 Å². The van der Waals surface area contributed by atoms with Crippen LogP contribution in [0.25, 0.3) is 0 Å². The fourth-order valence-corrected chi connectivity index (χ4v) is 4.44. The molecule has 0 aliphatic carbocycles. The number of aromatic nitrogens is 2. The molecule has 0 bridgehead atoms. The highest BCUT2D eigenvalue weighted by Gasteiger charge is 2.30. The van der Waals surface area contributed by atoms with Crippen LogP contribution >= 0.6 is 0 Å². The first-order chi connectivity index (χ1) is 20.7. The molecule has 3 aromatic rings. The van der Waals surface area contributed by atoms with Gasteiger partial charge in [-0.2, -0.15) is 0 Å². The predicted molar refractivity (Wildman–Crippen MR) is 159 cm³/mol. The number of nitrogens with zero attached hydrogens (tertiary/aromatic N) is 1. The summed E-state index contributed by atoms with van der Waals surface area (Å²) in [4.78, 5) is 58.6. The van der Waals surface area contributed by atoms with Gasteiger partial charge < -0.3 is 42.6 Å². The van der Waals surface area contributed by atoms with E-state index < -0.39 is 47.9 Å². The van der Waals surface area contributed by atoms with Gasteiger partial charge in [-0.1, -0.05) is 42.5 Å². The molecule has 2 aromatic carbocycles. The van der Waals surface area contributed by atoms with Crippen molar-refractivity contribution in [3.63, 3.8) is 0 Å². The lowest BCUT2D eigenvalue weighted by molar-refractivity contribution is -0.142. The lowest BCUT2D eigenvalue weighted by Crippen LogP contribution is -2.58. The van der Waals surface area contributed by atoms with Crippen molar-refractivity contribution in [1.29, 1.82) is 0 Å². The number of hydrogen-bond donors (Lipinski definition) is 8. The monoisotopic (exact) mass is 593 g/mol. The van der Waals surface area contributed by atoms with Crippen LogP contribution in [0.5, 0.6) is 5.75 Å². The Balaban J connectivity index is 1.75. The van der Waals surface area contributed by atoms with E-state index in [-0.39, 0.29) is 31.4 Å². The van der Waals surface area contributed by atoms with Gasteiger partial charge in [0.25, 0.3) is 0 Å². The Bertz CT molecular complexity index is 1320. The quantitative estimate of drug-likeness (QED) is 0.0995. The van der Waals surface area contributed by atoms with Gasteiger partial charge in [-0.3, -0.25) is 14.4 Å². The first-order valence-electron chi connectivity index (χ1n) is 14.0. The lowest BCUT2D eigenvalue weighted by atomic mass is 10.0. The van der Waals surface area contributed by atoms with Crippen molar-refractivity contribution >= 4 is 23.7 Å². The number of benzene rings is 2. The first kappa shape index (κ1) is 32.8. The van der Waals surface area contributed by atoms with E-state index in [4.69, 9.17) is 11.5 Å². The smallest absolute Gasteiger partial charge is 0.326 e. The van der Waals surface area contributed by atoms with Crippen molar-refractivity contribution < 1.29 is 29.4 Å². The number of carboxylic acids is 1. The summed E-state index contributed by atoms with van der Waals surface area (Å²) in [6.07, 6.45) is 4.48. The second kappa shape index (κ2) is 16.6. The summed E-state index contributed by atoms with van der Waals surface area (Å²) in [5.74, 6) is -3.03. The van der Waals surface area contributed by atoms with Crippen LogP contribution < -0.4 is 27.4 Å². The van der Waals surface area contributed by atoms with Crippen LogP contribution in [0.15, 0.2) is 67.1 Å². The van der Waals surface area contributed by atoms with E-state index in [1.54, 1.807) is 36.4 Å². The minimum atomic E-state index is -1.28. The molecule has 0 aliphatic rings. The number of carbonyl (C=O) groups excluding carboxylic acids is 3. The molecule has 3 rings (SSSR count). The zero-order valence-electron chi connectivity index (χ0n) is 23.7. The predicted octanol–water partition coefficient (Wildman–Crippen LogP) is 0.139. The van der Waals surface area contributed by atoms with Crippen molar-refractivity contribution in [3.8, 4) is 5.75 Å². The molecule has 3 amide bonds. The van der Waals surface area contributed by atoms with Gasteiger partial charge in [-0.25, -0.2) is 9.78 Å². The van der Waals surface area contributed by atoms with Crippen molar-refractivity contribution in [2.75, 3.05) is 6.54 Å². The number of unbranched alkanes of at least 4 members (excludes halogenated alkanes) is 1. The summed E-state index contributed by atoms with van der Waals surface area (Å²) >= 11 is 0. The maximum Gasteiger partial charge on any atom is 0.326 e. The molecule has 0 fully saturated rings. The van der Waals surface area contributed by atoms with Crippen LogP contribution in [0.3, 0.4) is 0 Å². The lowest BCUT2D eigenvalue weighted by Gasteiger charge is -2.25. The van der Waals surface area contributed by atoms with E-state index in [2.05, 4.69) is 25.9 Å². The van der Waals surface area contributed by atoms with Gasteiger partial charge in [0.15, 0.2) is 0 Å². The summed E-state index contributed by atoms with van der Waals surface area (Å²) in [6, 6.07) is 10.8. The van der Waals surface area contributed by atoms with Gasteiger partial charge in [0.1, 0.15) is 23.9 Å². The summed E-state index contributed by atoms with van der Waals surface area (Å²) in [7, 11) is 0. The number of carboxylic acid groups (broad SMARTS) is 1. The number of hydrogen-bond acceptors (Lipinski definition) is 8. The second-order valence-corrected chi connectivity index (χ2v) is 10.3. The van der Waals surface area contributed by atoms with Gasteiger partial charge >= 0.3 is 5.97 Å². The van der Waals surface area contributed by atoms with Gasteiger partial charge in [0.05, 0.1) is 12.4 Å². The maximum absolute atomic E-state index is 13.5. The number of aromatic amines is 1. The molecule has 0 saturated carbocycles. The fourth-order valence-electron chi connectivity index (χ4n) is 4.44. The molecule has 13 nitrogen and oxygen atoms in total. The number of amides is 3. The van der Waals surface area contributed by atoms with Crippen LogP contribution in [0, 0.1) is 0 Å². The molecule has 1 heterocycles. The van der Waals surface area contributed by atoms with Crippen LogP contribution in [0.4, 0.5) is 0 Å². The molecule has 0 aliphatic heterocycles. The number of H-pyrrole nitrogens is 1. The maximum atomic E-state index is 13.5. The molecule has 0 radical (unpaired) electrons. The van der Waals surface area contributed by atoms with Crippen molar-refractivity contribution in [1.82, 2.24) is 25.9 Å². The number of phenols is 1. The number of nitrogens with one attached hydrogen (secondary N) is 4. The molecule has 13 heteroatoms. The average molecular weight is 594 g/mol. The van der Waals surface area contributed by atoms with Gasteiger partial charge in [-0.05, 0) is 55.5 Å². The third-order valence-electron chi connectivity index (χ3n) is 6.82. The average Bonchev–Trinajstić information content (AvgIpc) is 3.50. The van der Waals surface area contributed by atoms with Crippen LogP contribution in [0.1, 0.15) is 36.1 Å². The first-order valence-corrected chi connectivity index (χ1v) is 14.0. The Morgan fingerprint density at radius 2 is 1.42 bits per heavy atom. The molecule has 4 atom stereocenters. The number of carbonyl (C=O) groups is 4. The van der Waals surface area contributed by atoms with Crippen molar-refractivity contribution in [2.24, 2.45) is 11.5 Å². The van der Waals surface area contributed by atoms with E-state index >= 15 is 0 Å². The Kier molecular flexibility index (Phi) is 12.7. The zero-order chi connectivity index (χ0) is 31.2. The Hall–Kier alpha value is -4.75. The highest BCUT2D eigenvalue weighted by molar-refractivity contribution is 5.94. The molecule has 1 aromatic heterocycles. The minimum Gasteiger partial charge on any atom is -0.508 e. The molecule has 0 saturated heterocycles. The molecular formula is C30H39N7O6. The van der Waals surface area contributed by atoms with Gasteiger partial charge in [0.2, 0.25) is 17.7 Å². The summed E-state index contributed by atoms with van der Waals surface area (Å²) in [5, 5.41) is 27.2. The van der Waals surface area contributed by atoms with Gasteiger partial charge in [0, 0.05) is 24.7 Å². The number of aliphatic carboxylic acids is 1. The van der Waals surface area contributed by atoms with E-state index in [0.29, 0.717) is 25.1 Å². The van der Waals surface area contributed by atoms with E-state index in [1.165, 1.54) is 24.7 Å². The molecule has 10 N–H and O–H groups in total. The third-order valence-corrected chi connectivity index (χ3v) is 6.82. The normalized spacial score (nSPS) is 13.7. The van der Waals surface area contributed by atoms with E-state index in [1.807, 2.05) is 6.07 Å². The molecule has 4 unspecified atom stereocenters.